The number of benzene rings is 5. The van der Waals surface area contributed by atoms with Crippen LogP contribution in [0, 0.1) is 11.6 Å². The number of nitrogens with zero attached hydrogens (tertiary/aromatic N) is 2. The highest BCUT2D eigenvalue weighted by Crippen LogP contribution is 2.43. The molecule has 2 aliphatic heterocycles. The molecule has 10 nitrogen and oxygen atoms in total. The molecular formula is C58H70F2N6O4S4. The van der Waals surface area contributed by atoms with Gasteiger partial charge in [-0.3, -0.25) is 9.59 Å². The summed E-state index contributed by atoms with van der Waals surface area (Å²) in [5.41, 5.74) is 8.22. The lowest BCUT2D eigenvalue weighted by molar-refractivity contribution is 0.0956. The van der Waals surface area contributed by atoms with Crippen LogP contribution in [-0.4, -0.2) is 83.9 Å². The lowest BCUT2D eigenvalue weighted by Crippen LogP contribution is -2.29. The summed E-state index contributed by atoms with van der Waals surface area (Å²) in [5, 5.41) is 14.7. The summed E-state index contributed by atoms with van der Waals surface area (Å²) in [6.45, 7) is 3.91. The third-order valence-electron chi connectivity index (χ3n) is 13.8. The minimum atomic E-state index is -0.327. The fraction of sp³-hybridized carbons (Fsp3) is 0.379. The normalized spacial score (nSPS) is 16.7. The number of hydrogen-bond donors (Lipinski definition) is 6. The molecule has 0 spiro atoms. The molecule has 5 aromatic carbocycles. The molecule has 3 aliphatic rings. The van der Waals surface area contributed by atoms with Crippen molar-refractivity contribution < 1.29 is 27.2 Å². The SMILES string of the molecule is CNC(=O)c1c(-c2ccc(F)cc2)oc2cc(N(C)SC)c([C@@H]3CCCNC3)cc12.CNC(=O)c1c(-c2ccc(F)cc2)oc2cc(N(C)SC)c([C@@H]3CCCNC3)cc12.SC1CCCCC1.Sc1ccccc1. The average Bonchev–Trinajstić information content (AvgIpc) is 4.02. The molecular weight excluding hydrogens is 1010 g/mol. The first kappa shape index (κ1) is 56.6. The number of halogens is 2. The summed E-state index contributed by atoms with van der Waals surface area (Å²) in [6, 6.07) is 30.1. The molecule has 2 amide bonds. The molecule has 2 aromatic heterocycles. The van der Waals surface area contributed by atoms with Crippen molar-refractivity contribution in [2.24, 2.45) is 0 Å². The van der Waals surface area contributed by atoms with Gasteiger partial charge in [0, 0.05) is 98.0 Å². The largest absolute Gasteiger partial charge is 0.455 e. The first-order valence-corrected chi connectivity index (χ1v) is 28.7. The number of hydrogen-bond acceptors (Lipinski definition) is 12. The Morgan fingerprint density at radius 2 is 1.03 bits per heavy atom. The number of amides is 2. The van der Waals surface area contributed by atoms with Crippen LogP contribution in [0.25, 0.3) is 44.6 Å². The van der Waals surface area contributed by atoms with Gasteiger partial charge < -0.3 is 38.7 Å². The molecule has 74 heavy (non-hydrogen) atoms. The van der Waals surface area contributed by atoms with Crippen LogP contribution < -0.4 is 29.9 Å². The molecule has 1 aliphatic carbocycles. The summed E-state index contributed by atoms with van der Waals surface area (Å²) in [7, 11) is 7.29. The molecule has 1 saturated carbocycles. The van der Waals surface area contributed by atoms with Crippen LogP contribution in [0.4, 0.5) is 20.2 Å². The Bertz CT molecular complexity index is 2750. The van der Waals surface area contributed by atoms with Crippen molar-refractivity contribution >= 4 is 94.3 Å². The van der Waals surface area contributed by atoms with Gasteiger partial charge in [0.2, 0.25) is 0 Å². The summed E-state index contributed by atoms with van der Waals surface area (Å²) < 4.78 is 43.5. The highest BCUT2D eigenvalue weighted by Gasteiger charge is 2.29. The Morgan fingerprint density at radius 1 is 0.608 bits per heavy atom. The van der Waals surface area contributed by atoms with Gasteiger partial charge in [-0.15, -0.1) is 12.6 Å². The number of piperidine rings is 2. The van der Waals surface area contributed by atoms with Crippen molar-refractivity contribution in [2.45, 2.75) is 79.8 Å². The highest BCUT2D eigenvalue weighted by atomic mass is 32.2. The van der Waals surface area contributed by atoms with E-state index >= 15 is 0 Å². The smallest absolute Gasteiger partial charge is 0.255 e. The van der Waals surface area contributed by atoms with E-state index in [1.54, 1.807) is 62.3 Å². The molecule has 2 atom stereocenters. The Morgan fingerprint density at radius 3 is 1.34 bits per heavy atom. The second-order valence-electron chi connectivity index (χ2n) is 18.7. The first-order chi connectivity index (χ1) is 35.8. The summed E-state index contributed by atoms with van der Waals surface area (Å²) >= 11 is 11.7. The molecule has 0 unspecified atom stereocenters. The van der Waals surface area contributed by atoms with Crippen molar-refractivity contribution in [2.75, 3.05) is 75.5 Å². The van der Waals surface area contributed by atoms with Crippen molar-refractivity contribution in [3.8, 4) is 22.6 Å². The Kier molecular flexibility index (Phi) is 21.1. The van der Waals surface area contributed by atoms with Crippen LogP contribution in [0.2, 0.25) is 0 Å². The topological polar surface area (TPSA) is 115 Å². The van der Waals surface area contributed by atoms with Gasteiger partial charge in [0.25, 0.3) is 11.8 Å². The third-order valence-corrected chi connectivity index (χ3v) is 16.1. The van der Waals surface area contributed by atoms with E-state index in [9.17, 15) is 18.4 Å². The van der Waals surface area contributed by atoms with Crippen LogP contribution in [-0.2, 0) is 0 Å². The van der Waals surface area contributed by atoms with Crippen molar-refractivity contribution in [3.05, 3.63) is 137 Å². The van der Waals surface area contributed by atoms with E-state index in [0.29, 0.717) is 56.8 Å². The van der Waals surface area contributed by atoms with Crippen LogP contribution in [0.5, 0.6) is 0 Å². The van der Waals surface area contributed by atoms with Gasteiger partial charge in [-0.25, -0.2) is 8.78 Å². The van der Waals surface area contributed by atoms with Crippen molar-refractivity contribution in [1.82, 2.24) is 21.3 Å². The van der Waals surface area contributed by atoms with Crippen LogP contribution in [0.15, 0.2) is 117 Å². The van der Waals surface area contributed by atoms with Gasteiger partial charge >= 0.3 is 0 Å². The number of rotatable bonds is 10. The predicted molar refractivity (Wildman–Crippen MR) is 313 cm³/mol. The zero-order valence-corrected chi connectivity index (χ0v) is 46.7. The first-order valence-electron chi connectivity index (χ1n) is 25.4. The second-order valence-corrected chi connectivity index (χ2v) is 21.7. The summed E-state index contributed by atoms with van der Waals surface area (Å²) in [6.07, 6.45) is 15.5. The molecule has 0 bridgehead atoms. The molecule has 10 rings (SSSR count). The van der Waals surface area contributed by atoms with Gasteiger partial charge in [0.1, 0.15) is 34.3 Å². The molecule has 0 radical (unpaired) electrons. The second kappa shape index (κ2) is 27.6. The minimum absolute atomic E-state index is 0.216. The number of fused-ring (bicyclic) bond motifs is 2. The Balaban J connectivity index is 0.000000171. The molecule has 4 N–H and O–H groups in total. The lowest BCUT2D eigenvalue weighted by Gasteiger charge is -2.28. The zero-order chi connectivity index (χ0) is 52.7. The van der Waals surface area contributed by atoms with Crippen LogP contribution in [0.3, 0.4) is 0 Å². The van der Waals surface area contributed by atoms with E-state index in [4.69, 9.17) is 8.83 Å². The maximum absolute atomic E-state index is 13.4. The number of furan rings is 2. The predicted octanol–water partition coefficient (Wildman–Crippen LogP) is 13.8. The van der Waals surface area contributed by atoms with Gasteiger partial charge in [-0.05, 0) is 147 Å². The highest BCUT2D eigenvalue weighted by molar-refractivity contribution is 8.00. The van der Waals surface area contributed by atoms with E-state index in [1.165, 1.54) is 67.5 Å². The minimum Gasteiger partial charge on any atom is -0.455 e. The summed E-state index contributed by atoms with van der Waals surface area (Å²) in [5.74, 6) is 0.573. The van der Waals surface area contributed by atoms with Gasteiger partial charge in [0.05, 0.1) is 22.5 Å². The lowest BCUT2D eigenvalue weighted by atomic mass is 9.89. The molecule has 4 heterocycles. The van der Waals surface area contributed by atoms with E-state index in [0.717, 1.165) is 84.2 Å². The number of anilines is 2. The van der Waals surface area contributed by atoms with Crippen molar-refractivity contribution in [1.29, 1.82) is 0 Å². The quantitative estimate of drug-likeness (QED) is 0.0585. The van der Waals surface area contributed by atoms with E-state index in [-0.39, 0.29) is 23.4 Å². The Hall–Kier alpha value is -5.10. The number of carbonyl (C=O) groups excluding carboxylic acids is 2. The molecule has 394 valence electrons. The fourth-order valence-electron chi connectivity index (χ4n) is 9.75. The number of carbonyl (C=O) groups is 2. The van der Waals surface area contributed by atoms with E-state index in [2.05, 4.69) is 67.3 Å². The van der Waals surface area contributed by atoms with Crippen LogP contribution in [0.1, 0.15) is 101 Å². The standard InChI is InChI=1S/2C23H26FN3O2S.C6H12S.C6H6S/c2*1-25-23(28)21-18-11-17(15-5-4-10-26-13-15)19(27(2)30-3)12-20(18)29-22(21)14-6-8-16(24)9-7-14;2*7-6-4-2-1-3-5-6/h2*6-9,11-12,15,26H,4-5,10,13H2,1-3H3,(H,25,28);6-7H,1-5H2;1-5,7H/t2*15-;;/m11../s1. The number of nitrogens with one attached hydrogen (secondary N) is 4. The fourth-order valence-corrected chi connectivity index (χ4v) is 11.0. The van der Waals surface area contributed by atoms with Gasteiger partial charge in [0.15, 0.2) is 0 Å². The van der Waals surface area contributed by atoms with E-state index in [1.807, 2.05) is 69.1 Å². The molecule has 7 aromatic rings. The molecule has 2 saturated heterocycles. The monoisotopic (exact) mass is 1080 g/mol. The van der Waals surface area contributed by atoms with Crippen molar-refractivity contribution in [3.63, 3.8) is 0 Å². The maximum atomic E-state index is 13.4. The Labute approximate surface area is 455 Å². The van der Waals surface area contributed by atoms with Crippen LogP contribution >= 0.6 is 49.2 Å². The molecule has 16 heteroatoms. The third kappa shape index (κ3) is 14.2. The average molecular weight is 1080 g/mol. The maximum Gasteiger partial charge on any atom is 0.255 e. The summed E-state index contributed by atoms with van der Waals surface area (Å²) in [4.78, 5) is 26.7. The van der Waals surface area contributed by atoms with E-state index < -0.39 is 0 Å². The zero-order valence-electron chi connectivity index (χ0n) is 43.2. The molecule has 3 fully saturated rings. The van der Waals surface area contributed by atoms with Gasteiger partial charge in [-0.2, -0.15) is 12.6 Å². The number of thiol groups is 2. The van der Waals surface area contributed by atoms with Gasteiger partial charge in [-0.1, -0.05) is 61.4 Å².